The van der Waals surface area contributed by atoms with Crippen LogP contribution in [0.25, 0.3) is 0 Å². The molecule has 0 aromatic heterocycles. The third kappa shape index (κ3) is 9.23. The monoisotopic (exact) mass is 477 g/mol. The van der Waals surface area contributed by atoms with Gasteiger partial charge in [0.1, 0.15) is 23.4 Å². The quantitative estimate of drug-likeness (QED) is 0.406. The van der Waals surface area contributed by atoms with Crippen molar-refractivity contribution in [3.63, 3.8) is 0 Å². The summed E-state index contributed by atoms with van der Waals surface area (Å²) in [5.74, 6) is -1.11. The van der Waals surface area contributed by atoms with E-state index in [9.17, 15) is 19.5 Å². The molecule has 8 nitrogen and oxygen atoms in total. The van der Waals surface area contributed by atoms with Crippen molar-refractivity contribution < 1.29 is 24.2 Å². The van der Waals surface area contributed by atoms with E-state index in [0.29, 0.717) is 18.5 Å². The summed E-state index contributed by atoms with van der Waals surface area (Å²) in [4.78, 5) is 41.2. The molecule has 1 aromatic rings. The maximum absolute atomic E-state index is 13.9. The van der Waals surface area contributed by atoms with Crippen molar-refractivity contribution in [2.75, 3.05) is 6.54 Å². The van der Waals surface area contributed by atoms with Gasteiger partial charge in [-0.1, -0.05) is 51.8 Å². The number of ether oxygens (including phenoxy) is 1. The minimum Gasteiger partial charge on any atom is -0.508 e. The second-order valence-corrected chi connectivity index (χ2v) is 10.2. The summed E-state index contributed by atoms with van der Waals surface area (Å²) < 4.78 is 5.37. The number of carbonyl (C=O) groups excluding carboxylic acids is 3. The van der Waals surface area contributed by atoms with Gasteiger partial charge in [0.2, 0.25) is 11.8 Å². The Kier molecular flexibility index (Phi) is 11.4. The molecular formula is C26H43N3O5. The van der Waals surface area contributed by atoms with Gasteiger partial charge in [-0.2, -0.15) is 0 Å². The number of nitrogens with one attached hydrogen (secondary N) is 2. The molecule has 3 amide bonds. The average molecular weight is 478 g/mol. The van der Waals surface area contributed by atoms with E-state index in [-0.39, 0.29) is 23.6 Å². The van der Waals surface area contributed by atoms with Gasteiger partial charge in [-0.3, -0.25) is 9.59 Å². The molecule has 0 aliphatic rings. The van der Waals surface area contributed by atoms with Crippen molar-refractivity contribution >= 4 is 17.9 Å². The molecule has 192 valence electrons. The van der Waals surface area contributed by atoms with Crippen LogP contribution in [0, 0.1) is 5.92 Å². The number of hydrogen-bond acceptors (Lipinski definition) is 5. The van der Waals surface area contributed by atoms with Crippen LogP contribution < -0.4 is 10.6 Å². The Morgan fingerprint density at radius 1 is 1.03 bits per heavy atom. The molecule has 8 heteroatoms. The number of benzene rings is 1. The molecule has 0 fully saturated rings. The molecule has 2 unspecified atom stereocenters. The molecule has 0 saturated heterocycles. The highest BCUT2D eigenvalue weighted by atomic mass is 16.6. The fourth-order valence-electron chi connectivity index (χ4n) is 3.56. The molecule has 34 heavy (non-hydrogen) atoms. The first kappa shape index (κ1) is 29.3. The second-order valence-electron chi connectivity index (χ2n) is 10.2. The lowest BCUT2D eigenvalue weighted by atomic mass is 9.97. The van der Waals surface area contributed by atoms with E-state index >= 15 is 0 Å². The lowest BCUT2D eigenvalue weighted by Crippen LogP contribution is -2.55. The fourth-order valence-corrected chi connectivity index (χ4v) is 3.56. The molecule has 0 aliphatic heterocycles. The third-order valence-corrected chi connectivity index (χ3v) is 5.11. The van der Waals surface area contributed by atoms with E-state index in [1.165, 1.54) is 11.0 Å². The van der Waals surface area contributed by atoms with Crippen molar-refractivity contribution in [1.82, 2.24) is 15.5 Å². The summed E-state index contributed by atoms with van der Waals surface area (Å²) in [5.41, 5.74) is -0.379. The predicted octanol–water partition coefficient (Wildman–Crippen LogP) is 4.53. The summed E-state index contributed by atoms with van der Waals surface area (Å²) in [7, 11) is 0. The standard InChI is InChI=1S/C26H43N3O5/c1-9-10-13-16-29(24(32)21(17(2)3)28-25(33)34-26(6,7)8)22(23(31)27-18(4)5)19-14-11-12-15-20(19)30/h11-12,14-15,17-18,21-22,30H,9-10,13,16H2,1-8H3,(H,27,31)(H,28,33). The number of rotatable bonds is 11. The van der Waals surface area contributed by atoms with Crippen molar-refractivity contribution in [3.8, 4) is 5.75 Å². The van der Waals surface area contributed by atoms with Gasteiger partial charge in [0.15, 0.2) is 0 Å². The van der Waals surface area contributed by atoms with Crippen LogP contribution in [0.5, 0.6) is 5.75 Å². The Morgan fingerprint density at radius 2 is 1.65 bits per heavy atom. The highest BCUT2D eigenvalue weighted by Crippen LogP contribution is 2.30. The zero-order valence-corrected chi connectivity index (χ0v) is 22.0. The lowest BCUT2D eigenvalue weighted by Gasteiger charge is -2.36. The number of nitrogens with zero attached hydrogens (tertiary/aromatic N) is 1. The van der Waals surface area contributed by atoms with Gasteiger partial charge in [-0.25, -0.2) is 4.79 Å². The number of alkyl carbamates (subject to hydrolysis) is 1. The minimum atomic E-state index is -1.05. The first-order chi connectivity index (χ1) is 15.8. The zero-order valence-electron chi connectivity index (χ0n) is 22.0. The summed E-state index contributed by atoms with van der Waals surface area (Å²) in [6.07, 6.45) is 1.79. The van der Waals surface area contributed by atoms with Gasteiger partial charge < -0.3 is 25.4 Å². The molecule has 1 rings (SSSR count). The van der Waals surface area contributed by atoms with Crippen LogP contribution in [0.1, 0.15) is 86.3 Å². The number of amides is 3. The topological polar surface area (TPSA) is 108 Å². The molecular weight excluding hydrogens is 434 g/mol. The number of phenols is 1. The van der Waals surface area contributed by atoms with Gasteiger partial charge in [0, 0.05) is 18.2 Å². The Morgan fingerprint density at radius 3 is 2.15 bits per heavy atom. The highest BCUT2D eigenvalue weighted by Gasteiger charge is 2.38. The van der Waals surface area contributed by atoms with Gasteiger partial charge >= 0.3 is 6.09 Å². The maximum Gasteiger partial charge on any atom is 0.408 e. The van der Waals surface area contributed by atoms with Crippen molar-refractivity contribution in [1.29, 1.82) is 0 Å². The van der Waals surface area contributed by atoms with E-state index in [1.54, 1.807) is 39.0 Å². The number of unbranched alkanes of at least 4 members (excludes halogenated alkanes) is 2. The van der Waals surface area contributed by atoms with Gasteiger partial charge in [-0.15, -0.1) is 0 Å². The first-order valence-electron chi connectivity index (χ1n) is 12.2. The Labute approximate surface area is 204 Å². The van der Waals surface area contributed by atoms with Crippen molar-refractivity contribution in [3.05, 3.63) is 29.8 Å². The summed E-state index contributed by atoms with van der Waals surface area (Å²) >= 11 is 0. The van der Waals surface area contributed by atoms with E-state index in [4.69, 9.17) is 4.74 Å². The van der Waals surface area contributed by atoms with E-state index in [0.717, 1.165) is 12.8 Å². The molecule has 3 N–H and O–H groups in total. The smallest absolute Gasteiger partial charge is 0.408 e. The molecule has 0 spiro atoms. The van der Waals surface area contributed by atoms with Crippen LogP contribution in [0.3, 0.4) is 0 Å². The van der Waals surface area contributed by atoms with Crippen molar-refractivity contribution in [2.24, 2.45) is 5.92 Å². The first-order valence-corrected chi connectivity index (χ1v) is 12.2. The third-order valence-electron chi connectivity index (χ3n) is 5.11. The fraction of sp³-hybridized carbons (Fsp3) is 0.654. The van der Waals surface area contributed by atoms with Gasteiger partial charge in [0.05, 0.1) is 0 Å². The second kappa shape index (κ2) is 13.2. The molecule has 0 heterocycles. The minimum absolute atomic E-state index is 0.0686. The van der Waals surface area contributed by atoms with Crippen LogP contribution >= 0.6 is 0 Å². The molecule has 0 aliphatic carbocycles. The van der Waals surface area contributed by atoms with Crippen LogP contribution in [0.2, 0.25) is 0 Å². The molecule has 2 atom stereocenters. The van der Waals surface area contributed by atoms with Gasteiger partial charge in [-0.05, 0) is 53.0 Å². The SMILES string of the molecule is CCCCCN(C(=O)C(NC(=O)OC(C)(C)C)C(C)C)C(C(=O)NC(C)C)c1ccccc1O. The molecule has 0 saturated carbocycles. The van der Waals surface area contributed by atoms with Crippen LogP contribution in [0.4, 0.5) is 4.79 Å². The summed E-state index contributed by atoms with van der Waals surface area (Å²) in [6, 6.07) is 4.42. The zero-order chi connectivity index (χ0) is 26.1. The highest BCUT2D eigenvalue weighted by molar-refractivity contribution is 5.92. The number of carbonyl (C=O) groups is 3. The largest absolute Gasteiger partial charge is 0.508 e. The van der Waals surface area contributed by atoms with Crippen molar-refractivity contribution in [2.45, 2.75) is 98.4 Å². The number of phenolic OH excluding ortho intramolecular Hbond substituents is 1. The molecule has 0 bridgehead atoms. The van der Waals surface area contributed by atoms with Crippen LogP contribution in [0.15, 0.2) is 24.3 Å². The summed E-state index contributed by atoms with van der Waals surface area (Å²) in [6.45, 7) is 14.9. The van der Waals surface area contributed by atoms with Crippen LogP contribution in [-0.2, 0) is 14.3 Å². The number of para-hydroxylation sites is 1. The Balaban J connectivity index is 3.46. The molecule has 1 aromatic carbocycles. The average Bonchev–Trinajstić information content (AvgIpc) is 2.70. The molecule has 0 radical (unpaired) electrons. The van der Waals surface area contributed by atoms with Gasteiger partial charge in [0.25, 0.3) is 0 Å². The Hall–Kier alpha value is -2.77. The van der Waals surface area contributed by atoms with Crippen LogP contribution in [-0.4, -0.2) is 52.1 Å². The van der Waals surface area contributed by atoms with E-state index in [1.807, 2.05) is 27.7 Å². The lowest BCUT2D eigenvalue weighted by molar-refractivity contribution is -0.143. The van der Waals surface area contributed by atoms with E-state index in [2.05, 4.69) is 17.6 Å². The maximum atomic E-state index is 13.9. The number of hydrogen-bond donors (Lipinski definition) is 3. The predicted molar refractivity (Wildman–Crippen MR) is 133 cm³/mol. The number of aromatic hydroxyl groups is 1. The Bertz CT molecular complexity index is 817. The normalized spacial score (nSPS) is 13.4. The summed E-state index contributed by atoms with van der Waals surface area (Å²) in [5, 5.41) is 16.2. The van der Waals surface area contributed by atoms with E-state index < -0.39 is 29.7 Å².